The fourth-order valence-corrected chi connectivity index (χ4v) is 4.70. The van der Waals surface area contributed by atoms with E-state index >= 15 is 0 Å². The van der Waals surface area contributed by atoms with E-state index in [1.54, 1.807) is 31.2 Å². The first-order valence-corrected chi connectivity index (χ1v) is 11.3. The predicted molar refractivity (Wildman–Crippen MR) is 128 cm³/mol. The monoisotopic (exact) mass is 542 g/mol. The number of halogens is 4. The summed E-state index contributed by atoms with van der Waals surface area (Å²) in [5, 5.41) is 13.8. The number of fused-ring (bicyclic) bond motifs is 1. The molecule has 0 radical (unpaired) electrons. The minimum atomic E-state index is -0.938. The lowest BCUT2D eigenvalue weighted by molar-refractivity contribution is -0.137. The van der Waals surface area contributed by atoms with Crippen molar-refractivity contribution in [2.24, 2.45) is 0 Å². The second kappa shape index (κ2) is 10.2. The molecular formula is C22H18BrCl3N2O3. The molecule has 0 aliphatic carbocycles. The van der Waals surface area contributed by atoms with Gasteiger partial charge >= 0.3 is 5.97 Å². The van der Waals surface area contributed by atoms with E-state index in [-0.39, 0.29) is 36.4 Å². The molecule has 0 bridgehead atoms. The number of carbonyl (C=O) groups is 2. The standard InChI is InChI=1S/C22H18BrCl3N2O3/c1-11-19(14-9-13(23)6-7-17(14)28-21(11)26)22(31)27-10-12(5-8-18(29)30)20-15(24)3-2-4-16(20)25/h2-4,6-7,9,12H,5,8,10H2,1H3,(H,27,31)(H,29,30). The maximum Gasteiger partial charge on any atom is 0.303 e. The molecule has 162 valence electrons. The number of benzene rings is 2. The van der Waals surface area contributed by atoms with E-state index in [4.69, 9.17) is 39.9 Å². The largest absolute Gasteiger partial charge is 0.481 e. The van der Waals surface area contributed by atoms with Crippen LogP contribution in [0.4, 0.5) is 0 Å². The number of carboxylic acids is 1. The van der Waals surface area contributed by atoms with Crippen molar-refractivity contribution in [2.45, 2.75) is 25.7 Å². The number of nitrogens with zero attached hydrogens (tertiary/aromatic N) is 1. The van der Waals surface area contributed by atoms with Gasteiger partial charge in [0.2, 0.25) is 0 Å². The van der Waals surface area contributed by atoms with Crippen molar-refractivity contribution in [3.63, 3.8) is 0 Å². The van der Waals surface area contributed by atoms with E-state index in [1.807, 2.05) is 12.1 Å². The molecule has 1 aromatic heterocycles. The Morgan fingerprint density at radius 2 is 1.84 bits per heavy atom. The van der Waals surface area contributed by atoms with Gasteiger partial charge in [0.25, 0.3) is 5.91 Å². The number of pyridine rings is 1. The highest BCUT2D eigenvalue weighted by Crippen LogP contribution is 2.34. The van der Waals surface area contributed by atoms with Crippen molar-refractivity contribution in [3.8, 4) is 0 Å². The predicted octanol–water partition coefficient (Wildman–Crippen LogP) is 6.64. The van der Waals surface area contributed by atoms with Gasteiger partial charge in [-0.25, -0.2) is 4.98 Å². The Labute approximate surface area is 202 Å². The Morgan fingerprint density at radius 3 is 2.48 bits per heavy atom. The van der Waals surface area contributed by atoms with Crippen molar-refractivity contribution >= 4 is 73.5 Å². The van der Waals surface area contributed by atoms with Crippen LogP contribution in [0.15, 0.2) is 40.9 Å². The molecule has 1 unspecified atom stereocenters. The van der Waals surface area contributed by atoms with Crippen LogP contribution in [0.3, 0.4) is 0 Å². The summed E-state index contributed by atoms with van der Waals surface area (Å²) in [6, 6.07) is 10.5. The third kappa shape index (κ3) is 5.50. The number of aliphatic carboxylic acids is 1. The van der Waals surface area contributed by atoms with E-state index in [1.165, 1.54) is 0 Å². The molecule has 1 amide bonds. The molecule has 1 atom stereocenters. The molecule has 0 saturated carbocycles. The molecule has 2 aromatic carbocycles. The Kier molecular flexibility index (Phi) is 7.81. The van der Waals surface area contributed by atoms with Crippen molar-refractivity contribution < 1.29 is 14.7 Å². The molecule has 0 fully saturated rings. The molecule has 3 aromatic rings. The number of amides is 1. The lowest BCUT2D eigenvalue weighted by atomic mass is 9.93. The molecule has 0 saturated heterocycles. The van der Waals surface area contributed by atoms with Crippen LogP contribution in [-0.2, 0) is 4.79 Å². The molecular weight excluding hydrogens is 527 g/mol. The van der Waals surface area contributed by atoms with Crippen molar-refractivity contribution in [1.29, 1.82) is 0 Å². The fraction of sp³-hybridized carbons (Fsp3) is 0.227. The van der Waals surface area contributed by atoms with Crippen LogP contribution in [0.2, 0.25) is 15.2 Å². The average molecular weight is 545 g/mol. The summed E-state index contributed by atoms with van der Waals surface area (Å²) < 4.78 is 0.805. The third-order valence-electron chi connectivity index (χ3n) is 4.98. The minimum absolute atomic E-state index is 0.0852. The first-order chi connectivity index (χ1) is 14.7. The number of rotatable bonds is 7. The van der Waals surface area contributed by atoms with Gasteiger partial charge in [0, 0.05) is 38.8 Å². The van der Waals surface area contributed by atoms with Gasteiger partial charge in [-0.1, -0.05) is 56.8 Å². The number of hydrogen-bond acceptors (Lipinski definition) is 3. The zero-order valence-electron chi connectivity index (χ0n) is 16.4. The molecule has 3 rings (SSSR count). The second-order valence-corrected chi connectivity index (χ2v) is 9.13. The van der Waals surface area contributed by atoms with Gasteiger partial charge in [-0.15, -0.1) is 0 Å². The van der Waals surface area contributed by atoms with Crippen LogP contribution < -0.4 is 5.32 Å². The number of carbonyl (C=O) groups excluding carboxylic acids is 1. The highest BCUT2D eigenvalue weighted by atomic mass is 79.9. The van der Waals surface area contributed by atoms with E-state index in [9.17, 15) is 9.59 Å². The maximum atomic E-state index is 13.2. The summed E-state index contributed by atoms with van der Waals surface area (Å²) in [6.45, 7) is 1.89. The van der Waals surface area contributed by atoms with E-state index in [0.717, 1.165) is 4.47 Å². The topological polar surface area (TPSA) is 79.3 Å². The summed E-state index contributed by atoms with van der Waals surface area (Å²) in [5.74, 6) is -1.66. The normalized spacial score (nSPS) is 12.0. The van der Waals surface area contributed by atoms with E-state index < -0.39 is 5.97 Å². The summed E-state index contributed by atoms with van der Waals surface area (Å²) in [5.41, 5.74) is 2.19. The summed E-state index contributed by atoms with van der Waals surface area (Å²) >= 11 is 22.4. The van der Waals surface area contributed by atoms with Gasteiger partial charge in [0.05, 0.1) is 11.1 Å². The zero-order valence-corrected chi connectivity index (χ0v) is 20.2. The molecule has 9 heteroatoms. The number of aromatic nitrogens is 1. The van der Waals surface area contributed by atoms with Crippen molar-refractivity contribution in [2.75, 3.05) is 6.54 Å². The van der Waals surface area contributed by atoms with Crippen LogP contribution in [0, 0.1) is 6.92 Å². The van der Waals surface area contributed by atoms with Gasteiger partial charge in [0.1, 0.15) is 5.15 Å². The second-order valence-electron chi connectivity index (χ2n) is 7.04. The van der Waals surface area contributed by atoms with Gasteiger partial charge in [0.15, 0.2) is 0 Å². The Balaban J connectivity index is 1.94. The van der Waals surface area contributed by atoms with Crippen molar-refractivity contribution in [3.05, 3.63) is 72.8 Å². The highest BCUT2D eigenvalue weighted by molar-refractivity contribution is 9.10. The number of nitrogens with one attached hydrogen (secondary N) is 1. The van der Waals surface area contributed by atoms with Gasteiger partial charge < -0.3 is 10.4 Å². The SMILES string of the molecule is Cc1c(Cl)nc2ccc(Br)cc2c1C(=O)NCC(CCC(=O)O)c1c(Cl)cccc1Cl. The first kappa shape index (κ1) is 23.8. The summed E-state index contributed by atoms with van der Waals surface area (Å²) in [4.78, 5) is 28.7. The maximum absolute atomic E-state index is 13.2. The minimum Gasteiger partial charge on any atom is -0.481 e. The molecule has 2 N–H and O–H groups in total. The first-order valence-electron chi connectivity index (χ1n) is 9.38. The Morgan fingerprint density at radius 1 is 1.16 bits per heavy atom. The van der Waals surface area contributed by atoms with Gasteiger partial charge in [-0.05, 0) is 54.8 Å². The molecule has 31 heavy (non-hydrogen) atoms. The number of carboxylic acid groups (broad SMARTS) is 1. The van der Waals surface area contributed by atoms with E-state index in [0.29, 0.717) is 37.6 Å². The van der Waals surface area contributed by atoms with Crippen LogP contribution in [0.25, 0.3) is 10.9 Å². The Hall–Kier alpha value is -1.86. The van der Waals surface area contributed by atoms with Crippen LogP contribution in [-0.4, -0.2) is 28.5 Å². The van der Waals surface area contributed by atoms with Crippen molar-refractivity contribution in [1.82, 2.24) is 10.3 Å². The average Bonchev–Trinajstić information content (AvgIpc) is 2.70. The lowest BCUT2D eigenvalue weighted by Crippen LogP contribution is -2.30. The van der Waals surface area contributed by atoms with E-state index in [2.05, 4.69) is 26.2 Å². The Bertz CT molecular complexity index is 1150. The van der Waals surface area contributed by atoms with Gasteiger partial charge in [-0.2, -0.15) is 0 Å². The zero-order chi connectivity index (χ0) is 22.7. The summed E-state index contributed by atoms with van der Waals surface area (Å²) in [7, 11) is 0. The summed E-state index contributed by atoms with van der Waals surface area (Å²) in [6.07, 6.45) is 0.180. The van der Waals surface area contributed by atoms with Crippen LogP contribution in [0.5, 0.6) is 0 Å². The lowest BCUT2D eigenvalue weighted by Gasteiger charge is -2.21. The van der Waals surface area contributed by atoms with Gasteiger partial charge in [-0.3, -0.25) is 9.59 Å². The fourth-order valence-electron chi connectivity index (χ4n) is 3.44. The molecule has 5 nitrogen and oxygen atoms in total. The van der Waals surface area contributed by atoms with Crippen LogP contribution >= 0.6 is 50.7 Å². The molecule has 0 aliphatic rings. The molecule has 0 spiro atoms. The molecule has 0 aliphatic heterocycles. The third-order valence-corrected chi connectivity index (χ3v) is 6.50. The highest BCUT2D eigenvalue weighted by Gasteiger charge is 2.23. The quantitative estimate of drug-likeness (QED) is 0.327. The smallest absolute Gasteiger partial charge is 0.303 e. The van der Waals surface area contributed by atoms with Crippen LogP contribution in [0.1, 0.15) is 40.2 Å². The molecule has 1 heterocycles. The number of hydrogen-bond donors (Lipinski definition) is 2.